The summed E-state index contributed by atoms with van der Waals surface area (Å²) in [6.07, 6.45) is 32.8. The Kier molecular flexibility index (Phi) is 21.7. The zero-order valence-corrected chi connectivity index (χ0v) is 28.2. The highest BCUT2D eigenvalue weighted by Gasteiger charge is 2.34. The van der Waals surface area contributed by atoms with E-state index in [1.807, 2.05) is 0 Å². The zero-order valence-electron chi connectivity index (χ0n) is 27.4. The van der Waals surface area contributed by atoms with E-state index in [1.54, 1.807) is 11.8 Å². The fraction of sp³-hybridized carbons (Fsp3) is 0.486. The Labute approximate surface area is 275 Å². The second kappa shape index (κ2) is 24.8. The summed E-state index contributed by atoms with van der Waals surface area (Å²) in [6, 6.07) is 3.33. The number of amides is 2. The van der Waals surface area contributed by atoms with Crippen LogP contribution in [-0.2, 0) is 4.79 Å². The van der Waals surface area contributed by atoms with Gasteiger partial charge in [0.1, 0.15) is 17.1 Å². The molecule has 1 aromatic carbocycles. The largest absolute Gasteiger partial charge is 0.507 e. The number of unbranched alkanes of at least 4 members (excludes halogenated alkanes) is 2. The Morgan fingerprint density at radius 1 is 0.800 bits per heavy atom. The number of carboxylic acid groups (broad SMARTS) is 1. The van der Waals surface area contributed by atoms with Crippen molar-refractivity contribution < 1.29 is 24.6 Å². The third kappa shape index (κ3) is 17.5. The third-order valence-corrected chi connectivity index (χ3v) is 9.15. The second-order valence-electron chi connectivity index (χ2n) is 10.7. The van der Waals surface area contributed by atoms with Crippen molar-refractivity contribution in [1.29, 1.82) is 0 Å². The van der Waals surface area contributed by atoms with Crippen LogP contribution in [0.15, 0.2) is 79.0 Å². The lowest BCUT2D eigenvalue weighted by molar-refractivity contribution is -0.121. The van der Waals surface area contributed by atoms with E-state index in [4.69, 9.17) is 5.11 Å². The maximum absolute atomic E-state index is 13.2. The van der Waals surface area contributed by atoms with Crippen molar-refractivity contribution in [3.05, 3.63) is 84.5 Å². The Morgan fingerprint density at radius 3 is 1.93 bits per heavy atom. The maximum Gasteiger partial charge on any atom is 0.339 e. The molecule has 0 aromatic heterocycles. The molecule has 4 N–H and O–H groups in total. The first-order chi connectivity index (χ1) is 21.8. The first kappa shape index (κ1) is 39.5. The van der Waals surface area contributed by atoms with Gasteiger partial charge in [0, 0.05) is 18.7 Å². The summed E-state index contributed by atoms with van der Waals surface area (Å²) in [7, 11) is 0. The summed E-state index contributed by atoms with van der Waals surface area (Å²) < 4.78 is -0.390. The quantitative estimate of drug-likeness (QED) is 0.0509. The highest BCUT2D eigenvalue weighted by atomic mass is 32.2. The van der Waals surface area contributed by atoms with Gasteiger partial charge in [0.2, 0.25) is 0 Å². The number of ketones is 1. The molecule has 1 aromatic rings. The van der Waals surface area contributed by atoms with Gasteiger partial charge < -0.3 is 20.8 Å². The molecule has 0 aliphatic heterocycles. The van der Waals surface area contributed by atoms with Crippen LogP contribution in [-0.4, -0.2) is 45.0 Å². The number of aromatic hydroxyl groups is 1. The monoisotopic (exact) mass is 638 g/mol. The molecule has 0 unspecified atom stereocenters. The number of carbonyl (C=O) groups excluding carboxylic acids is 2. The number of nitrogens with one attached hydrogen (secondary N) is 2. The summed E-state index contributed by atoms with van der Waals surface area (Å²) in [4.78, 5) is 36.5. The van der Waals surface area contributed by atoms with Crippen LogP contribution in [0.2, 0.25) is 0 Å². The molecule has 8 heteroatoms. The molecule has 0 radical (unpaired) electrons. The van der Waals surface area contributed by atoms with E-state index in [1.165, 1.54) is 18.2 Å². The van der Waals surface area contributed by atoms with Gasteiger partial charge in [-0.05, 0) is 94.6 Å². The molecule has 0 aliphatic rings. The number of carboxylic acids is 1. The molecule has 0 saturated heterocycles. The van der Waals surface area contributed by atoms with Crippen LogP contribution in [0.5, 0.6) is 5.75 Å². The van der Waals surface area contributed by atoms with Gasteiger partial charge in [0.15, 0.2) is 0 Å². The number of carbonyl (C=O) groups is 3. The summed E-state index contributed by atoms with van der Waals surface area (Å²) in [5, 5.41) is 24.0. The summed E-state index contributed by atoms with van der Waals surface area (Å²) in [6.45, 7) is 6.61. The van der Waals surface area contributed by atoms with E-state index in [0.29, 0.717) is 19.4 Å². The molecular weight excluding hydrogens is 584 g/mol. The highest BCUT2D eigenvalue weighted by molar-refractivity contribution is 8.01. The summed E-state index contributed by atoms with van der Waals surface area (Å²) in [5.41, 5.74) is -0.0342. The van der Waals surface area contributed by atoms with Gasteiger partial charge in [0.05, 0.1) is 4.75 Å². The molecule has 45 heavy (non-hydrogen) atoms. The van der Waals surface area contributed by atoms with E-state index >= 15 is 0 Å². The topological polar surface area (TPSA) is 116 Å². The van der Waals surface area contributed by atoms with Gasteiger partial charge in [0.25, 0.3) is 0 Å². The van der Waals surface area contributed by atoms with Crippen molar-refractivity contribution >= 4 is 35.2 Å². The SMILES string of the molecule is CC/C=C\C/C=C\C/C=C\C/C=C\C/C=C\CCCCSC(CC)(CC)C(=O)CCCNC(=O)Nc1ccc(O)c(C(=O)O)c1. The Bertz CT molecular complexity index is 1170. The van der Waals surface area contributed by atoms with Gasteiger partial charge in [-0.25, -0.2) is 9.59 Å². The predicted octanol–water partition coefficient (Wildman–Crippen LogP) is 9.77. The molecule has 7 nitrogen and oxygen atoms in total. The van der Waals surface area contributed by atoms with E-state index in [0.717, 1.165) is 70.0 Å². The van der Waals surface area contributed by atoms with Crippen molar-refractivity contribution in [1.82, 2.24) is 5.32 Å². The Hall–Kier alpha value is -3.52. The lowest BCUT2D eigenvalue weighted by Crippen LogP contribution is -2.35. The number of benzene rings is 1. The third-order valence-electron chi connectivity index (χ3n) is 7.30. The van der Waals surface area contributed by atoms with Crippen molar-refractivity contribution in [2.45, 2.75) is 103 Å². The van der Waals surface area contributed by atoms with Crippen LogP contribution in [0, 0.1) is 0 Å². The zero-order chi connectivity index (χ0) is 33.2. The number of urea groups is 1. The summed E-state index contributed by atoms with van der Waals surface area (Å²) in [5.74, 6) is -0.481. The second-order valence-corrected chi connectivity index (χ2v) is 12.2. The minimum Gasteiger partial charge on any atom is -0.507 e. The average molecular weight is 639 g/mol. The smallest absolute Gasteiger partial charge is 0.339 e. The molecule has 0 aliphatic carbocycles. The molecule has 0 saturated carbocycles. The first-order valence-corrected chi connectivity index (χ1v) is 17.3. The van der Waals surface area contributed by atoms with Gasteiger partial charge in [-0.15, -0.1) is 11.8 Å². The number of phenols is 1. The fourth-order valence-corrected chi connectivity index (χ4v) is 5.98. The minimum absolute atomic E-state index is 0.224. The van der Waals surface area contributed by atoms with Gasteiger partial charge in [-0.3, -0.25) is 4.79 Å². The van der Waals surface area contributed by atoms with Crippen molar-refractivity contribution in [3.63, 3.8) is 0 Å². The normalized spacial score (nSPS) is 12.3. The molecule has 0 heterocycles. The molecule has 1 rings (SSSR count). The first-order valence-electron chi connectivity index (χ1n) is 16.3. The predicted molar refractivity (Wildman–Crippen MR) is 190 cm³/mol. The average Bonchev–Trinajstić information content (AvgIpc) is 3.03. The molecule has 0 spiro atoms. The number of thioether (sulfide) groups is 1. The number of anilines is 1. The molecule has 0 atom stereocenters. The number of allylic oxidation sites excluding steroid dienone is 10. The molecule has 0 fully saturated rings. The van der Waals surface area contributed by atoms with Gasteiger partial charge in [-0.2, -0.15) is 0 Å². The van der Waals surface area contributed by atoms with Crippen molar-refractivity contribution in [3.8, 4) is 5.75 Å². The Balaban J connectivity index is 2.24. The fourth-order valence-electron chi connectivity index (χ4n) is 4.57. The van der Waals surface area contributed by atoms with Crippen LogP contribution in [0.25, 0.3) is 0 Å². The molecule has 2 amide bonds. The van der Waals surface area contributed by atoms with E-state index in [-0.39, 0.29) is 22.8 Å². The van der Waals surface area contributed by atoms with Crippen LogP contribution in [0.4, 0.5) is 10.5 Å². The van der Waals surface area contributed by atoms with Gasteiger partial charge >= 0.3 is 12.0 Å². The van der Waals surface area contributed by atoms with Crippen molar-refractivity contribution in [2.24, 2.45) is 0 Å². The number of hydrogen-bond acceptors (Lipinski definition) is 5. The lowest BCUT2D eigenvalue weighted by atomic mass is 9.94. The number of aromatic carboxylic acids is 1. The number of rotatable bonds is 24. The summed E-state index contributed by atoms with van der Waals surface area (Å²) >= 11 is 1.77. The highest BCUT2D eigenvalue weighted by Crippen LogP contribution is 2.35. The lowest BCUT2D eigenvalue weighted by Gasteiger charge is -2.29. The standard InChI is InChI=1S/C37H54N2O5S/c1-4-7-8-9-10-11-12-13-14-15-16-17-18-19-20-21-22-23-29-45-37(5-2,6-3)34(41)25-24-28-38-36(44)39-31-26-27-33(40)32(30-31)35(42)43/h7-8,10-11,13-14,16-17,19-20,26-27,30,40H,4-6,9,12,15,18,21-25,28-29H2,1-3H3,(H,42,43)(H2,38,39,44)/b8-7-,11-10-,14-13-,17-16-,20-19-. The van der Waals surface area contributed by atoms with E-state index in [9.17, 15) is 19.5 Å². The van der Waals surface area contributed by atoms with E-state index in [2.05, 4.69) is 92.2 Å². The number of hydrogen-bond donors (Lipinski definition) is 4. The van der Waals surface area contributed by atoms with Crippen LogP contribution in [0.1, 0.15) is 108 Å². The van der Waals surface area contributed by atoms with Crippen molar-refractivity contribution in [2.75, 3.05) is 17.6 Å². The Morgan fingerprint density at radius 2 is 1.38 bits per heavy atom. The number of Topliss-reactive ketones (excluding diaryl/α,β-unsaturated/α-hetero) is 1. The molecular formula is C37H54N2O5S. The minimum atomic E-state index is -1.28. The van der Waals surface area contributed by atoms with E-state index < -0.39 is 16.7 Å². The van der Waals surface area contributed by atoms with Crippen LogP contribution in [0.3, 0.4) is 0 Å². The van der Waals surface area contributed by atoms with Crippen LogP contribution < -0.4 is 10.6 Å². The maximum atomic E-state index is 13.2. The molecule has 0 bridgehead atoms. The molecule has 248 valence electrons. The van der Waals surface area contributed by atoms with Crippen LogP contribution >= 0.6 is 11.8 Å². The van der Waals surface area contributed by atoms with Gasteiger partial charge in [-0.1, -0.05) is 81.5 Å².